The summed E-state index contributed by atoms with van der Waals surface area (Å²) in [6, 6.07) is 0. The fraction of sp³-hybridized carbons (Fsp3) is 1.00. The molecule has 2 N–H and O–H groups in total. The van der Waals surface area contributed by atoms with Crippen LogP contribution < -0.4 is 5.73 Å². The molecule has 0 aliphatic heterocycles. The first-order valence-corrected chi connectivity index (χ1v) is 6.25. The van der Waals surface area contributed by atoms with Crippen molar-refractivity contribution in [3.63, 3.8) is 0 Å². The van der Waals surface area contributed by atoms with Gasteiger partial charge in [-0.15, -0.1) is 0 Å². The van der Waals surface area contributed by atoms with Crippen molar-refractivity contribution in [2.24, 2.45) is 11.1 Å². The Labute approximate surface area is 97.2 Å². The molecule has 96 valence electrons. The lowest BCUT2D eigenvalue weighted by Gasteiger charge is -2.37. The fourth-order valence-electron chi connectivity index (χ4n) is 2.61. The maximum absolute atomic E-state index is 12.2. The lowest BCUT2D eigenvalue weighted by atomic mass is 9.72. The van der Waals surface area contributed by atoms with Crippen LogP contribution in [0.1, 0.15) is 38.5 Å². The summed E-state index contributed by atoms with van der Waals surface area (Å²) in [5.74, 6) is 0. The minimum Gasteiger partial charge on any atom is -0.330 e. The number of nitrogens with two attached hydrogens (primary N) is 1. The zero-order valence-corrected chi connectivity index (χ0v) is 10.2. The summed E-state index contributed by atoms with van der Waals surface area (Å²) in [5, 5.41) is 0. The van der Waals surface area contributed by atoms with Gasteiger partial charge in [0.25, 0.3) is 6.43 Å². The first kappa shape index (κ1) is 13.8. The number of hydrogen-bond acceptors (Lipinski definition) is 2. The van der Waals surface area contributed by atoms with Crippen molar-refractivity contribution in [3.8, 4) is 0 Å². The number of hydrogen-bond donors (Lipinski definition) is 1. The fourth-order valence-corrected chi connectivity index (χ4v) is 2.61. The molecule has 0 aromatic rings. The highest BCUT2D eigenvalue weighted by molar-refractivity contribution is 4.84. The second-order valence-electron chi connectivity index (χ2n) is 5.17. The van der Waals surface area contributed by atoms with E-state index in [1.807, 2.05) is 0 Å². The summed E-state index contributed by atoms with van der Waals surface area (Å²) in [5.41, 5.74) is 6.09. The molecule has 2 nitrogen and oxygen atoms in total. The van der Waals surface area contributed by atoms with Gasteiger partial charge in [-0.3, -0.25) is 0 Å². The molecule has 1 rings (SSSR count). The zero-order valence-electron chi connectivity index (χ0n) is 10.2. The van der Waals surface area contributed by atoms with Gasteiger partial charge in [0.15, 0.2) is 0 Å². The minimum atomic E-state index is -2.23. The normalized spacial score (nSPS) is 20.6. The van der Waals surface area contributed by atoms with Gasteiger partial charge < -0.3 is 10.6 Å². The minimum absolute atomic E-state index is 0.124. The van der Waals surface area contributed by atoms with Gasteiger partial charge in [-0.2, -0.15) is 0 Å². The van der Waals surface area contributed by atoms with Gasteiger partial charge in [-0.25, -0.2) is 8.78 Å². The molecule has 0 unspecified atom stereocenters. The van der Waals surface area contributed by atoms with Crippen LogP contribution in [0.5, 0.6) is 0 Å². The van der Waals surface area contributed by atoms with Crippen LogP contribution in [0.2, 0.25) is 0 Å². The summed E-state index contributed by atoms with van der Waals surface area (Å²) in [4.78, 5) is 1.72. The molecule has 1 fully saturated rings. The van der Waals surface area contributed by atoms with Gasteiger partial charge in [0.05, 0.1) is 6.54 Å². The van der Waals surface area contributed by atoms with Crippen molar-refractivity contribution in [2.45, 2.75) is 45.0 Å². The molecule has 0 amide bonds. The Hall–Kier alpha value is -0.220. The van der Waals surface area contributed by atoms with Gasteiger partial charge in [0.2, 0.25) is 0 Å². The van der Waals surface area contributed by atoms with Crippen molar-refractivity contribution in [1.82, 2.24) is 4.90 Å². The average molecular weight is 234 g/mol. The van der Waals surface area contributed by atoms with Crippen LogP contribution in [0, 0.1) is 5.41 Å². The molecule has 4 heteroatoms. The van der Waals surface area contributed by atoms with E-state index in [9.17, 15) is 8.78 Å². The summed E-state index contributed by atoms with van der Waals surface area (Å²) in [6.07, 6.45) is 4.87. The van der Waals surface area contributed by atoms with E-state index in [2.05, 4.69) is 0 Å². The van der Waals surface area contributed by atoms with E-state index in [4.69, 9.17) is 5.73 Å². The predicted octanol–water partition coefficient (Wildman–Crippen LogP) is 2.48. The molecule has 0 heterocycles. The third kappa shape index (κ3) is 4.34. The van der Waals surface area contributed by atoms with Crippen LogP contribution in [0.3, 0.4) is 0 Å². The van der Waals surface area contributed by atoms with Crippen LogP contribution in [-0.2, 0) is 0 Å². The van der Waals surface area contributed by atoms with Crippen molar-refractivity contribution >= 4 is 0 Å². The second-order valence-corrected chi connectivity index (χ2v) is 5.17. The van der Waals surface area contributed by atoms with E-state index in [-0.39, 0.29) is 12.0 Å². The summed E-state index contributed by atoms with van der Waals surface area (Å²) in [7, 11) is 1.76. The maximum atomic E-state index is 12.2. The molecule has 16 heavy (non-hydrogen) atoms. The molecule has 0 aromatic heterocycles. The third-order valence-corrected chi connectivity index (χ3v) is 3.82. The highest BCUT2D eigenvalue weighted by atomic mass is 19.3. The van der Waals surface area contributed by atoms with Crippen molar-refractivity contribution in [1.29, 1.82) is 0 Å². The van der Waals surface area contributed by atoms with E-state index in [0.717, 1.165) is 13.0 Å². The Morgan fingerprint density at radius 2 is 1.88 bits per heavy atom. The van der Waals surface area contributed by atoms with Crippen LogP contribution in [0.15, 0.2) is 0 Å². The first-order valence-electron chi connectivity index (χ1n) is 6.25. The van der Waals surface area contributed by atoms with E-state index in [1.165, 1.54) is 32.1 Å². The maximum Gasteiger partial charge on any atom is 0.251 e. The van der Waals surface area contributed by atoms with E-state index in [0.29, 0.717) is 6.54 Å². The molecule has 0 saturated heterocycles. The highest BCUT2D eigenvalue weighted by Crippen LogP contribution is 2.38. The molecule has 1 saturated carbocycles. The van der Waals surface area contributed by atoms with Crippen LogP contribution in [0.4, 0.5) is 8.78 Å². The van der Waals surface area contributed by atoms with Crippen molar-refractivity contribution < 1.29 is 8.78 Å². The second kappa shape index (κ2) is 6.50. The number of nitrogens with zero attached hydrogens (tertiary/aromatic N) is 1. The summed E-state index contributed by atoms with van der Waals surface area (Å²) >= 11 is 0. The third-order valence-electron chi connectivity index (χ3n) is 3.82. The molecule has 1 aliphatic rings. The smallest absolute Gasteiger partial charge is 0.251 e. The predicted molar refractivity (Wildman–Crippen MR) is 62.7 cm³/mol. The Bertz CT molecular complexity index is 191. The van der Waals surface area contributed by atoms with Crippen LogP contribution >= 0.6 is 0 Å². The zero-order chi connectivity index (χ0) is 12.0. The Morgan fingerprint density at radius 3 is 2.38 bits per heavy atom. The number of alkyl halides is 2. The highest BCUT2D eigenvalue weighted by Gasteiger charge is 2.30. The summed E-state index contributed by atoms with van der Waals surface area (Å²) in [6.45, 7) is 1.32. The Kier molecular flexibility index (Phi) is 5.62. The van der Waals surface area contributed by atoms with Gasteiger partial charge in [-0.05, 0) is 44.8 Å². The van der Waals surface area contributed by atoms with Crippen molar-refractivity contribution in [3.05, 3.63) is 0 Å². The lowest BCUT2D eigenvalue weighted by Crippen LogP contribution is -2.37. The molecule has 0 bridgehead atoms. The molecular weight excluding hydrogens is 210 g/mol. The first-order chi connectivity index (χ1) is 7.58. The van der Waals surface area contributed by atoms with E-state index in [1.54, 1.807) is 11.9 Å². The molecular formula is C12H24F2N2. The van der Waals surface area contributed by atoms with Gasteiger partial charge in [0, 0.05) is 0 Å². The van der Waals surface area contributed by atoms with E-state index >= 15 is 0 Å². The van der Waals surface area contributed by atoms with Crippen LogP contribution in [-0.4, -0.2) is 38.0 Å². The molecule has 0 atom stereocenters. The van der Waals surface area contributed by atoms with Gasteiger partial charge >= 0.3 is 0 Å². The topological polar surface area (TPSA) is 29.3 Å². The Balaban J connectivity index is 2.32. The molecule has 0 radical (unpaired) electrons. The lowest BCUT2D eigenvalue weighted by molar-refractivity contribution is 0.0861. The number of rotatable bonds is 6. The molecule has 0 spiro atoms. The van der Waals surface area contributed by atoms with Gasteiger partial charge in [-0.1, -0.05) is 19.3 Å². The standard InChI is InChI=1S/C12H24F2N2/c1-16(9-11(13)14)8-7-12(10-15)5-3-2-4-6-12/h11H,2-10,15H2,1H3. The largest absolute Gasteiger partial charge is 0.330 e. The van der Waals surface area contributed by atoms with Crippen molar-refractivity contribution in [2.75, 3.05) is 26.7 Å². The van der Waals surface area contributed by atoms with Crippen LogP contribution in [0.25, 0.3) is 0 Å². The van der Waals surface area contributed by atoms with Gasteiger partial charge in [0.1, 0.15) is 0 Å². The number of halogens is 2. The molecule has 0 aromatic carbocycles. The Morgan fingerprint density at radius 1 is 1.25 bits per heavy atom. The SMILES string of the molecule is CN(CCC1(CN)CCCCC1)CC(F)F. The summed E-state index contributed by atoms with van der Waals surface area (Å²) < 4.78 is 24.3. The average Bonchev–Trinajstić information content (AvgIpc) is 2.27. The van der Waals surface area contributed by atoms with E-state index < -0.39 is 6.43 Å². The quantitative estimate of drug-likeness (QED) is 0.765. The monoisotopic (exact) mass is 234 g/mol. The molecule has 1 aliphatic carbocycles.